The quantitative estimate of drug-likeness (QED) is 0.255. The van der Waals surface area contributed by atoms with E-state index in [0.29, 0.717) is 25.3 Å². The average Bonchev–Trinajstić information content (AvgIpc) is 3.53. The van der Waals surface area contributed by atoms with Gasteiger partial charge in [-0.25, -0.2) is 8.42 Å². The van der Waals surface area contributed by atoms with Crippen LogP contribution in [0.15, 0.2) is 0 Å². The molecule has 0 spiro atoms. The zero-order chi connectivity index (χ0) is 33.1. The molecule has 4 rings (SSSR count). The number of amides is 2. The molecule has 3 saturated carbocycles. The van der Waals surface area contributed by atoms with Crippen LogP contribution in [0, 0.1) is 40.9 Å². The highest BCUT2D eigenvalue weighted by atomic mass is 32.2. The maximum absolute atomic E-state index is 14.5. The average molecular weight is 649 g/mol. The lowest BCUT2D eigenvalue weighted by Gasteiger charge is -2.38. The highest BCUT2D eigenvalue weighted by molar-refractivity contribution is 7.90. The highest BCUT2D eigenvalue weighted by Crippen LogP contribution is 2.44. The molecule has 0 aromatic rings. The van der Waals surface area contributed by atoms with Gasteiger partial charge in [0.15, 0.2) is 11.6 Å². The van der Waals surface area contributed by atoms with E-state index in [4.69, 9.17) is 0 Å². The number of nitrogens with one attached hydrogen (secondary N) is 1. The third-order valence-electron chi connectivity index (χ3n) is 10.8. The Morgan fingerprint density at radius 3 is 2.16 bits per heavy atom. The molecule has 1 saturated heterocycles. The number of carbonyl (C=O) groups is 5. The monoisotopic (exact) mass is 648 g/mol. The van der Waals surface area contributed by atoms with E-state index in [2.05, 4.69) is 5.32 Å². The molecule has 4 aliphatic rings. The smallest absolute Gasteiger partial charge is 0.246 e. The fourth-order valence-electron chi connectivity index (χ4n) is 8.25. The fraction of sp³-hybridized carbons (Fsp3) is 0.857. The van der Waals surface area contributed by atoms with E-state index < -0.39 is 50.9 Å². The number of Topliss-reactive ketones (excluding diaryl/α,β-unsaturated/α-hetero) is 3. The first-order valence-electron chi connectivity index (χ1n) is 17.5. The molecule has 1 aliphatic heterocycles. The van der Waals surface area contributed by atoms with Gasteiger partial charge in [0.2, 0.25) is 17.6 Å². The number of nitrogens with zero attached hydrogens (tertiary/aromatic N) is 1. The van der Waals surface area contributed by atoms with Gasteiger partial charge in [-0.1, -0.05) is 59.8 Å². The van der Waals surface area contributed by atoms with Crippen molar-refractivity contribution in [2.45, 2.75) is 130 Å². The van der Waals surface area contributed by atoms with Gasteiger partial charge in [0, 0.05) is 31.6 Å². The highest BCUT2D eigenvalue weighted by Gasteiger charge is 2.52. The summed E-state index contributed by atoms with van der Waals surface area (Å²) in [6, 6.07) is -1.64. The standard InChI is InChI=1S/C35H56N2O7S/c1-6-11-24(31(40)29(39)18-22-16-17-22)19-28(38)30-26-15-10-14-25(26)20-37(30)34(42)32(35(2,3)4)36-33(41)27(21-45(5,43)44)23-12-8-7-9-13-23/h22-27,30,32H,6-21H2,1-5H3,(H,36,41)/t24-,25?,26?,27+,30-,32+/m0/s1. The van der Waals surface area contributed by atoms with Crippen molar-refractivity contribution < 1.29 is 32.4 Å². The van der Waals surface area contributed by atoms with Gasteiger partial charge in [-0.3, -0.25) is 24.0 Å². The molecule has 2 unspecified atom stereocenters. The number of rotatable bonds is 15. The maximum Gasteiger partial charge on any atom is 0.246 e. The third kappa shape index (κ3) is 9.25. The molecule has 9 nitrogen and oxygen atoms in total. The molecule has 0 aromatic heterocycles. The van der Waals surface area contributed by atoms with Gasteiger partial charge in [0.05, 0.1) is 17.7 Å². The molecule has 4 fully saturated rings. The first kappa shape index (κ1) is 35.7. The molecule has 10 heteroatoms. The van der Waals surface area contributed by atoms with Crippen LogP contribution in [0.1, 0.15) is 118 Å². The van der Waals surface area contributed by atoms with E-state index in [1.165, 1.54) is 0 Å². The van der Waals surface area contributed by atoms with Crippen molar-refractivity contribution >= 4 is 39.0 Å². The van der Waals surface area contributed by atoms with Crippen LogP contribution in [0.4, 0.5) is 0 Å². The topological polar surface area (TPSA) is 135 Å². The number of likely N-dealkylation sites (tertiary alicyclic amines) is 1. The lowest BCUT2D eigenvalue weighted by Crippen LogP contribution is -2.59. The van der Waals surface area contributed by atoms with E-state index in [9.17, 15) is 32.4 Å². The van der Waals surface area contributed by atoms with Gasteiger partial charge in [0.1, 0.15) is 15.9 Å². The molecular weight excluding hydrogens is 592 g/mol. The molecule has 3 aliphatic carbocycles. The summed E-state index contributed by atoms with van der Waals surface area (Å²) in [6.07, 6.45) is 11.7. The zero-order valence-corrected chi connectivity index (χ0v) is 29.0. The summed E-state index contributed by atoms with van der Waals surface area (Å²) >= 11 is 0. The molecule has 6 atom stereocenters. The predicted molar refractivity (Wildman–Crippen MR) is 173 cm³/mol. The molecule has 0 bridgehead atoms. The van der Waals surface area contributed by atoms with Crippen LogP contribution in [0.25, 0.3) is 0 Å². The lowest BCUT2D eigenvalue weighted by molar-refractivity contribution is -0.146. The number of fused-ring (bicyclic) bond motifs is 1. The van der Waals surface area contributed by atoms with Crippen LogP contribution in [0.5, 0.6) is 0 Å². The second-order valence-corrected chi connectivity index (χ2v) is 18.0. The Kier molecular flexibility index (Phi) is 11.7. The molecule has 45 heavy (non-hydrogen) atoms. The van der Waals surface area contributed by atoms with E-state index in [0.717, 1.165) is 70.5 Å². The first-order chi connectivity index (χ1) is 21.1. The van der Waals surface area contributed by atoms with Crippen molar-refractivity contribution in [3.8, 4) is 0 Å². The van der Waals surface area contributed by atoms with Gasteiger partial charge >= 0.3 is 0 Å². The van der Waals surface area contributed by atoms with Crippen molar-refractivity contribution in [2.24, 2.45) is 40.9 Å². The number of ketones is 3. The van der Waals surface area contributed by atoms with E-state index >= 15 is 0 Å². The van der Waals surface area contributed by atoms with Crippen molar-refractivity contribution in [3.63, 3.8) is 0 Å². The molecule has 254 valence electrons. The van der Waals surface area contributed by atoms with Crippen molar-refractivity contribution in [3.05, 3.63) is 0 Å². The van der Waals surface area contributed by atoms with Crippen molar-refractivity contribution in [2.75, 3.05) is 18.6 Å². The molecule has 1 N–H and O–H groups in total. The zero-order valence-electron chi connectivity index (χ0n) is 28.1. The Bertz CT molecular complexity index is 1230. The Morgan fingerprint density at radius 1 is 0.911 bits per heavy atom. The summed E-state index contributed by atoms with van der Waals surface area (Å²) in [5.74, 6) is -2.97. The van der Waals surface area contributed by atoms with Crippen LogP contribution >= 0.6 is 0 Å². The van der Waals surface area contributed by atoms with E-state index in [1.807, 2.05) is 27.7 Å². The largest absolute Gasteiger partial charge is 0.344 e. The predicted octanol–water partition coefficient (Wildman–Crippen LogP) is 4.70. The van der Waals surface area contributed by atoms with Gasteiger partial charge in [-0.05, 0) is 74.0 Å². The van der Waals surface area contributed by atoms with Gasteiger partial charge < -0.3 is 10.2 Å². The van der Waals surface area contributed by atoms with Gasteiger partial charge in [0.25, 0.3) is 0 Å². The molecule has 0 radical (unpaired) electrons. The summed E-state index contributed by atoms with van der Waals surface area (Å²) in [5.41, 5.74) is -0.698. The Balaban J connectivity index is 1.55. The Hall–Kier alpha value is -2.10. The Labute approximate surface area is 270 Å². The molecule has 0 aromatic carbocycles. The summed E-state index contributed by atoms with van der Waals surface area (Å²) < 4.78 is 24.8. The minimum Gasteiger partial charge on any atom is -0.344 e. The molecule has 2 amide bonds. The van der Waals surface area contributed by atoms with Crippen LogP contribution in [-0.4, -0.2) is 73.1 Å². The minimum atomic E-state index is -3.44. The first-order valence-corrected chi connectivity index (χ1v) is 19.5. The van der Waals surface area contributed by atoms with Crippen LogP contribution in [-0.2, 0) is 33.8 Å². The third-order valence-corrected chi connectivity index (χ3v) is 11.8. The molecule has 1 heterocycles. The second kappa shape index (κ2) is 14.8. The summed E-state index contributed by atoms with van der Waals surface area (Å²) in [7, 11) is -3.44. The van der Waals surface area contributed by atoms with E-state index in [1.54, 1.807) is 4.90 Å². The van der Waals surface area contributed by atoms with Crippen LogP contribution in [0.3, 0.4) is 0 Å². The fourth-order valence-corrected chi connectivity index (χ4v) is 9.32. The minimum absolute atomic E-state index is 0.00228. The lowest BCUT2D eigenvalue weighted by atomic mass is 9.79. The summed E-state index contributed by atoms with van der Waals surface area (Å²) in [6.45, 7) is 7.98. The normalized spacial score (nSPS) is 26.2. The second-order valence-electron chi connectivity index (χ2n) is 15.8. The number of hydrogen-bond donors (Lipinski definition) is 1. The molecular formula is C35H56N2O7S. The van der Waals surface area contributed by atoms with Crippen molar-refractivity contribution in [1.82, 2.24) is 10.2 Å². The van der Waals surface area contributed by atoms with Crippen LogP contribution < -0.4 is 5.32 Å². The number of hydrogen-bond acceptors (Lipinski definition) is 7. The number of carbonyl (C=O) groups excluding carboxylic acids is 5. The Morgan fingerprint density at radius 2 is 1.58 bits per heavy atom. The summed E-state index contributed by atoms with van der Waals surface area (Å²) in [5, 5.41) is 2.99. The van der Waals surface area contributed by atoms with Gasteiger partial charge in [-0.15, -0.1) is 0 Å². The number of sulfone groups is 1. The summed E-state index contributed by atoms with van der Waals surface area (Å²) in [4.78, 5) is 70.0. The van der Waals surface area contributed by atoms with Crippen molar-refractivity contribution in [1.29, 1.82) is 0 Å². The maximum atomic E-state index is 14.5. The van der Waals surface area contributed by atoms with E-state index in [-0.39, 0.29) is 53.8 Å². The van der Waals surface area contributed by atoms with Crippen LogP contribution in [0.2, 0.25) is 0 Å². The SMILES string of the molecule is CCC[C@@H](CC(=O)[C@@H]1C2CCCC2CN1C(=O)[C@@H](NC(=O)[C@H](CS(C)(=O)=O)C1CCCCC1)C(C)(C)C)C(=O)C(=O)CC1CC1. The van der Waals surface area contributed by atoms with Gasteiger partial charge in [-0.2, -0.15) is 0 Å².